The van der Waals surface area contributed by atoms with Crippen molar-refractivity contribution in [2.24, 2.45) is 0 Å². The molecule has 2 atom stereocenters. The number of nitrogens with zero attached hydrogens (tertiary/aromatic N) is 1. The highest BCUT2D eigenvalue weighted by atomic mass is 19.4. The van der Waals surface area contributed by atoms with Gasteiger partial charge in [-0.15, -0.1) is 0 Å². The summed E-state index contributed by atoms with van der Waals surface area (Å²) >= 11 is 0. The lowest BCUT2D eigenvalue weighted by Gasteiger charge is -2.41. The van der Waals surface area contributed by atoms with E-state index in [1.54, 1.807) is 27.7 Å². The van der Waals surface area contributed by atoms with Crippen LogP contribution in [0.5, 0.6) is 0 Å². The topological polar surface area (TPSA) is 41.6 Å². The molecule has 1 amide bonds. The predicted octanol–water partition coefficient (Wildman–Crippen LogP) is 2.15. The van der Waals surface area contributed by atoms with Gasteiger partial charge in [-0.2, -0.15) is 13.2 Å². The quantitative estimate of drug-likeness (QED) is 0.732. The monoisotopic (exact) mass is 268 g/mol. The Bertz CT molecular complexity index is 312. The first-order chi connectivity index (χ1) is 8.02. The van der Waals surface area contributed by atoms with E-state index in [4.69, 9.17) is 4.74 Å². The molecular weight excluding hydrogens is 249 g/mol. The van der Waals surface area contributed by atoms with Crippen molar-refractivity contribution in [3.8, 4) is 0 Å². The van der Waals surface area contributed by atoms with E-state index >= 15 is 0 Å². The Kier molecular flexibility index (Phi) is 4.15. The lowest BCUT2D eigenvalue weighted by Crippen LogP contribution is -2.63. The number of alkyl halides is 3. The van der Waals surface area contributed by atoms with Crippen LogP contribution < -0.4 is 5.32 Å². The molecule has 0 spiro atoms. The van der Waals surface area contributed by atoms with Crippen LogP contribution in [-0.4, -0.2) is 47.9 Å². The van der Waals surface area contributed by atoms with Crippen LogP contribution in [0.1, 0.15) is 27.7 Å². The van der Waals surface area contributed by atoms with E-state index in [2.05, 4.69) is 5.32 Å². The largest absolute Gasteiger partial charge is 0.444 e. The molecule has 0 radical (unpaired) electrons. The Morgan fingerprint density at radius 3 is 2.28 bits per heavy atom. The number of rotatable bonds is 0. The molecule has 1 saturated heterocycles. The molecule has 1 heterocycles. The number of carbonyl (C=O) groups is 1. The van der Waals surface area contributed by atoms with Crippen LogP contribution in [0.4, 0.5) is 18.0 Å². The third kappa shape index (κ3) is 3.76. The van der Waals surface area contributed by atoms with Crippen LogP contribution in [0.2, 0.25) is 0 Å². The van der Waals surface area contributed by atoms with Crippen molar-refractivity contribution >= 4 is 6.09 Å². The van der Waals surface area contributed by atoms with Crippen molar-refractivity contribution in [1.82, 2.24) is 10.2 Å². The van der Waals surface area contributed by atoms with Gasteiger partial charge in [-0.05, 0) is 27.7 Å². The molecule has 0 aliphatic carbocycles. The van der Waals surface area contributed by atoms with Crippen LogP contribution in [0.15, 0.2) is 0 Å². The molecule has 0 bridgehead atoms. The average Bonchev–Trinajstić information content (AvgIpc) is 2.12. The zero-order chi connectivity index (χ0) is 14.1. The van der Waals surface area contributed by atoms with E-state index in [1.165, 1.54) is 0 Å². The number of piperazine rings is 1. The van der Waals surface area contributed by atoms with Crippen molar-refractivity contribution in [1.29, 1.82) is 0 Å². The van der Waals surface area contributed by atoms with Crippen molar-refractivity contribution in [3.05, 3.63) is 0 Å². The summed E-state index contributed by atoms with van der Waals surface area (Å²) in [7, 11) is 0. The second-order valence-electron chi connectivity index (χ2n) is 5.45. The number of halogens is 3. The summed E-state index contributed by atoms with van der Waals surface area (Å²) in [5.41, 5.74) is -0.808. The molecule has 7 heteroatoms. The van der Waals surface area contributed by atoms with Gasteiger partial charge in [0, 0.05) is 19.1 Å². The lowest BCUT2D eigenvalue weighted by atomic mass is 10.1. The maximum atomic E-state index is 12.9. The molecule has 1 rings (SSSR count). The van der Waals surface area contributed by atoms with E-state index < -0.39 is 30.0 Å². The zero-order valence-electron chi connectivity index (χ0n) is 11.0. The lowest BCUT2D eigenvalue weighted by molar-refractivity contribution is -0.189. The van der Waals surface area contributed by atoms with E-state index in [0.29, 0.717) is 6.54 Å². The smallest absolute Gasteiger partial charge is 0.411 e. The SMILES string of the molecule is CC1CNCC(C(F)(F)F)N1C(=O)OC(C)(C)C. The fraction of sp³-hybridized carbons (Fsp3) is 0.909. The van der Waals surface area contributed by atoms with Crippen molar-refractivity contribution in [2.75, 3.05) is 13.1 Å². The second kappa shape index (κ2) is 4.95. The van der Waals surface area contributed by atoms with Gasteiger partial charge in [0.25, 0.3) is 0 Å². The summed E-state index contributed by atoms with van der Waals surface area (Å²) in [6.45, 7) is 6.47. The summed E-state index contributed by atoms with van der Waals surface area (Å²) in [6.07, 6.45) is -5.38. The van der Waals surface area contributed by atoms with Gasteiger partial charge in [-0.1, -0.05) is 0 Å². The van der Waals surface area contributed by atoms with Crippen LogP contribution in [-0.2, 0) is 4.74 Å². The Morgan fingerprint density at radius 2 is 1.83 bits per heavy atom. The van der Waals surface area contributed by atoms with Crippen LogP contribution in [0.25, 0.3) is 0 Å². The first kappa shape index (κ1) is 15.1. The summed E-state index contributed by atoms with van der Waals surface area (Å²) in [4.78, 5) is 12.6. The van der Waals surface area contributed by atoms with E-state index in [-0.39, 0.29) is 6.54 Å². The number of carbonyl (C=O) groups excluding carboxylic acids is 1. The van der Waals surface area contributed by atoms with Gasteiger partial charge < -0.3 is 10.1 Å². The fourth-order valence-electron chi connectivity index (χ4n) is 1.83. The first-order valence-electron chi connectivity index (χ1n) is 5.81. The van der Waals surface area contributed by atoms with Gasteiger partial charge >= 0.3 is 12.3 Å². The van der Waals surface area contributed by atoms with Crippen molar-refractivity contribution in [2.45, 2.75) is 51.6 Å². The molecule has 0 aromatic rings. The van der Waals surface area contributed by atoms with Gasteiger partial charge in [0.15, 0.2) is 0 Å². The summed E-state index contributed by atoms with van der Waals surface area (Å²) in [5, 5.41) is 2.67. The molecule has 1 N–H and O–H groups in total. The summed E-state index contributed by atoms with van der Waals surface area (Å²) in [5.74, 6) is 0. The zero-order valence-corrected chi connectivity index (χ0v) is 11.0. The normalized spacial score (nSPS) is 26.1. The minimum absolute atomic E-state index is 0.299. The molecule has 18 heavy (non-hydrogen) atoms. The highest BCUT2D eigenvalue weighted by Gasteiger charge is 2.49. The molecule has 1 aliphatic rings. The molecule has 1 fully saturated rings. The van der Waals surface area contributed by atoms with Gasteiger partial charge in [-0.3, -0.25) is 4.90 Å². The highest BCUT2D eigenvalue weighted by molar-refractivity contribution is 5.69. The Morgan fingerprint density at radius 1 is 1.28 bits per heavy atom. The van der Waals surface area contributed by atoms with E-state index in [9.17, 15) is 18.0 Å². The Hall–Kier alpha value is -0.980. The van der Waals surface area contributed by atoms with Gasteiger partial charge in [0.05, 0.1) is 0 Å². The average molecular weight is 268 g/mol. The van der Waals surface area contributed by atoms with Gasteiger partial charge in [-0.25, -0.2) is 4.79 Å². The maximum absolute atomic E-state index is 12.9. The Labute approximate surface area is 104 Å². The highest BCUT2D eigenvalue weighted by Crippen LogP contribution is 2.29. The fourth-order valence-corrected chi connectivity index (χ4v) is 1.83. The van der Waals surface area contributed by atoms with Crippen LogP contribution in [0, 0.1) is 0 Å². The second-order valence-corrected chi connectivity index (χ2v) is 5.45. The summed E-state index contributed by atoms with van der Waals surface area (Å²) < 4.78 is 43.6. The van der Waals surface area contributed by atoms with Crippen LogP contribution in [0.3, 0.4) is 0 Å². The number of hydrogen-bond donors (Lipinski definition) is 1. The first-order valence-corrected chi connectivity index (χ1v) is 5.81. The van der Waals surface area contributed by atoms with E-state index in [0.717, 1.165) is 4.90 Å². The summed E-state index contributed by atoms with van der Waals surface area (Å²) in [6, 6.07) is -2.39. The molecule has 0 saturated carbocycles. The standard InChI is InChI=1S/C11H19F3N2O2/c1-7-5-15-6-8(11(12,13)14)16(7)9(17)18-10(2,3)4/h7-8,15H,5-6H2,1-4H3. The molecule has 1 aliphatic heterocycles. The number of nitrogens with one attached hydrogen (secondary N) is 1. The molecule has 0 aromatic heterocycles. The van der Waals surface area contributed by atoms with Gasteiger partial charge in [0.1, 0.15) is 11.6 Å². The molecule has 4 nitrogen and oxygen atoms in total. The number of amides is 1. The Balaban J connectivity index is 2.88. The molecule has 106 valence electrons. The van der Waals surface area contributed by atoms with Crippen molar-refractivity contribution < 1.29 is 22.7 Å². The third-order valence-corrected chi connectivity index (χ3v) is 2.57. The molecule has 2 unspecified atom stereocenters. The predicted molar refractivity (Wildman–Crippen MR) is 60.2 cm³/mol. The third-order valence-electron chi connectivity index (χ3n) is 2.57. The minimum atomic E-state index is -4.46. The maximum Gasteiger partial charge on any atom is 0.411 e. The molecular formula is C11H19F3N2O2. The molecule has 0 aromatic carbocycles. The van der Waals surface area contributed by atoms with E-state index in [1.807, 2.05) is 0 Å². The number of hydrogen-bond acceptors (Lipinski definition) is 3. The van der Waals surface area contributed by atoms with Gasteiger partial charge in [0.2, 0.25) is 0 Å². The van der Waals surface area contributed by atoms with Crippen molar-refractivity contribution in [3.63, 3.8) is 0 Å². The number of ether oxygens (including phenoxy) is 1. The van der Waals surface area contributed by atoms with Crippen LogP contribution >= 0.6 is 0 Å². The minimum Gasteiger partial charge on any atom is -0.444 e.